The highest BCUT2D eigenvalue weighted by atomic mass is 79.9. The first kappa shape index (κ1) is 25.2. The largest absolute Gasteiger partial charge is 0.492 e. The number of nitrogens with zero attached hydrogens (tertiary/aromatic N) is 3. The molecule has 2 aromatic carbocycles. The number of para-hydroxylation sites is 1. The molecule has 0 bridgehead atoms. The Bertz CT molecular complexity index is 1280. The Balaban J connectivity index is 1.60. The van der Waals surface area contributed by atoms with Gasteiger partial charge in [-0.3, -0.25) is 0 Å². The van der Waals surface area contributed by atoms with Gasteiger partial charge in [0.25, 0.3) is 0 Å². The highest BCUT2D eigenvalue weighted by Gasteiger charge is 2.18. The number of hydrogen-bond acceptors (Lipinski definition) is 9. The van der Waals surface area contributed by atoms with Gasteiger partial charge in [-0.25, -0.2) is 18.1 Å². The average molecular weight is 563 g/mol. The lowest BCUT2D eigenvalue weighted by Crippen LogP contribution is -2.36. The minimum atomic E-state index is -3.66. The predicted octanol–water partition coefficient (Wildman–Crippen LogP) is 3.87. The lowest BCUT2D eigenvalue weighted by atomic mass is 10.2. The summed E-state index contributed by atoms with van der Waals surface area (Å²) in [5.41, 5.74) is 2.16. The summed E-state index contributed by atoms with van der Waals surface area (Å²) in [7, 11) is -2.29. The van der Waals surface area contributed by atoms with Crippen molar-refractivity contribution in [3.63, 3.8) is 0 Å². The zero-order valence-corrected chi connectivity index (χ0v) is 21.8. The second-order valence-electron chi connectivity index (χ2n) is 7.56. The molecule has 186 valence electrons. The molecule has 1 aromatic heterocycles. The molecule has 4 rings (SSSR count). The van der Waals surface area contributed by atoms with Crippen LogP contribution in [0.15, 0.2) is 58.0 Å². The molecule has 1 fully saturated rings. The number of ether oxygens (including phenoxy) is 2. The SMILES string of the molecule is CCOc1cc(N2CCOCC2)ccc1Nc1ncc(Br)c(Nc2ccccc2S(=O)(=O)NC)n1. The predicted molar refractivity (Wildman–Crippen MR) is 140 cm³/mol. The molecule has 1 aliphatic heterocycles. The smallest absolute Gasteiger partial charge is 0.242 e. The van der Waals surface area contributed by atoms with Gasteiger partial charge in [0.15, 0.2) is 0 Å². The van der Waals surface area contributed by atoms with Gasteiger partial charge in [-0.15, -0.1) is 0 Å². The van der Waals surface area contributed by atoms with Crippen LogP contribution in [0.1, 0.15) is 6.92 Å². The minimum Gasteiger partial charge on any atom is -0.492 e. The molecule has 0 amide bonds. The summed E-state index contributed by atoms with van der Waals surface area (Å²) in [4.78, 5) is 11.3. The molecular weight excluding hydrogens is 536 g/mol. The number of anilines is 5. The van der Waals surface area contributed by atoms with E-state index in [0.717, 1.165) is 24.5 Å². The van der Waals surface area contributed by atoms with Gasteiger partial charge in [-0.1, -0.05) is 12.1 Å². The number of rotatable bonds is 9. The second-order valence-corrected chi connectivity index (χ2v) is 10.3. The normalized spacial score (nSPS) is 14.0. The van der Waals surface area contributed by atoms with Gasteiger partial charge < -0.3 is 25.0 Å². The third-order valence-electron chi connectivity index (χ3n) is 5.33. The van der Waals surface area contributed by atoms with Crippen molar-refractivity contribution in [3.8, 4) is 5.75 Å². The fraction of sp³-hybridized carbons (Fsp3) is 0.304. The maximum atomic E-state index is 12.4. The molecule has 1 saturated heterocycles. The van der Waals surface area contributed by atoms with Crippen LogP contribution < -0.4 is 25.0 Å². The lowest BCUT2D eigenvalue weighted by Gasteiger charge is -2.29. The first-order chi connectivity index (χ1) is 16.9. The van der Waals surface area contributed by atoms with Crippen LogP contribution >= 0.6 is 15.9 Å². The molecule has 0 atom stereocenters. The molecule has 2 heterocycles. The average Bonchev–Trinajstić information content (AvgIpc) is 2.88. The van der Waals surface area contributed by atoms with Crippen LogP contribution in [0.5, 0.6) is 5.75 Å². The Morgan fingerprint density at radius 2 is 1.89 bits per heavy atom. The first-order valence-electron chi connectivity index (χ1n) is 11.1. The summed E-state index contributed by atoms with van der Waals surface area (Å²) in [6.45, 7) is 5.49. The molecule has 3 aromatic rings. The Morgan fingerprint density at radius 3 is 2.63 bits per heavy atom. The van der Waals surface area contributed by atoms with E-state index in [2.05, 4.69) is 46.2 Å². The van der Waals surface area contributed by atoms with Crippen molar-refractivity contribution in [3.05, 3.63) is 53.1 Å². The van der Waals surface area contributed by atoms with Crippen LogP contribution in [0.2, 0.25) is 0 Å². The van der Waals surface area contributed by atoms with Gasteiger partial charge >= 0.3 is 0 Å². The van der Waals surface area contributed by atoms with E-state index >= 15 is 0 Å². The van der Waals surface area contributed by atoms with E-state index in [-0.39, 0.29) is 4.90 Å². The van der Waals surface area contributed by atoms with Crippen molar-refractivity contribution < 1.29 is 17.9 Å². The molecular formula is C23H27BrN6O4S. The van der Waals surface area contributed by atoms with Gasteiger partial charge in [-0.05, 0) is 54.2 Å². The Labute approximate surface area is 213 Å². The van der Waals surface area contributed by atoms with Crippen molar-refractivity contribution in [2.24, 2.45) is 0 Å². The second kappa shape index (κ2) is 11.2. The van der Waals surface area contributed by atoms with Crippen LogP contribution in [0, 0.1) is 0 Å². The third kappa shape index (κ3) is 6.01. The molecule has 0 radical (unpaired) electrons. The number of hydrogen-bond donors (Lipinski definition) is 3. The maximum Gasteiger partial charge on any atom is 0.242 e. The number of halogens is 1. The van der Waals surface area contributed by atoms with Gasteiger partial charge in [0.2, 0.25) is 16.0 Å². The summed E-state index contributed by atoms with van der Waals surface area (Å²) in [5, 5.41) is 6.31. The van der Waals surface area contributed by atoms with Gasteiger partial charge in [0.05, 0.1) is 35.7 Å². The van der Waals surface area contributed by atoms with Crippen molar-refractivity contribution in [1.29, 1.82) is 0 Å². The van der Waals surface area contributed by atoms with Crippen molar-refractivity contribution in [1.82, 2.24) is 14.7 Å². The van der Waals surface area contributed by atoms with Crippen molar-refractivity contribution in [2.75, 3.05) is 55.5 Å². The molecule has 12 heteroatoms. The van der Waals surface area contributed by atoms with Crippen LogP contribution in [0.3, 0.4) is 0 Å². The molecule has 35 heavy (non-hydrogen) atoms. The maximum absolute atomic E-state index is 12.4. The van der Waals surface area contributed by atoms with Gasteiger partial charge in [-0.2, -0.15) is 4.98 Å². The van der Waals surface area contributed by atoms with E-state index in [9.17, 15) is 8.42 Å². The number of sulfonamides is 1. The minimum absolute atomic E-state index is 0.111. The number of nitrogens with one attached hydrogen (secondary N) is 3. The molecule has 0 spiro atoms. The van der Waals surface area contributed by atoms with Crippen molar-refractivity contribution >= 4 is 54.8 Å². The van der Waals surface area contributed by atoms with Crippen LogP contribution in [0.25, 0.3) is 0 Å². The molecule has 1 aliphatic rings. The summed E-state index contributed by atoms with van der Waals surface area (Å²) >= 11 is 3.44. The monoisotopic (exact) mass is 562 g/mol. The number of morpholine rings is 1. The van der Waals surface area contributed by atoms with E-state index in [1.165, 1.54) is 13.1 Å². The topological polar surface area (TPSA) is 118 Å². The molecule has 3 N–H and O–H groups in total. The van der Waals surface area contributed by atoms with Crippen LogP contribution in [0.4, 0.5) is 28.8 Å². The lowest BCUT2D eigenvalue weighted by molar-refractivity contribution is 0.122. The van der Waals surface area contributed by atoms with E-state index in [1.54, 1.807) is 24.4 Å². The molecule has 0 unspecified atom stereocenters. The van der Waals surface area contributed by atoms with E-state index in [1.807, 2.05) is 25.1 Å². The van der Waals surface area contributed by atoms with Gasteiger partial charge in [0.1, 0.15) is 16.5 Å². The zero-order valence-electron chi connectivity index (χ0n) is 19.4. The van der Waals surface area contributed by atoms with Gasteiger partial charge in [0, 0.05) is 31.0 Å². The summed E-state index contributed by atoms with van der Waals surface area (Å²) < 4.78 is 39.1. The first-order valence-corrected chi connectivity index (χ1v) is 13.4. The number of aromatic nitrogens is 2. The fourth-order valence-corrected chi connectivity index (χ4v) is 4.76. The third-order valence-corrected chi connectivity index (χ3v) is 7.38. The Hall–Kier alpha value is -2.93. The molecule has 0 saturated carbocycles. The highest BCUT2D eigenvalue weighted by molar-refractivity contribution is 9.10. The summed E-state index contributed by atoms with van der Waals surface area (Å²) in [6, 6.07) is 12.5. The molecule has 10 nitrogen and oxygen atoms in total. The van der Waals surface area contributed by atoms with E-state index < -0.39 is 10.0 Å². The molecule has 0 aliphatic carbocycles. The Kier molecular flexibility index (Phi) is 8.06. The zero-order chi connectivity index (χ0) is 24.8. The van der Waals surface area contributed by atoms with E-state index in [4.69, 9.17) is 9.47 Å². The van der Waals surface area contributed by atoms with E-state index in [0.29, 0.717) is 47.5 Å². The number of benzene rings is 2. The summed E-state index contributed by atoms with van der Waals surface area (Å²) in [5.74, 6) is 1.41. The van der Waals surface area contributed by atoms with Crippen molar-refractivity contribution in [2.45, 2.75) is 11.8 Å². The summed E-state index contributed by atoms with van der Waals surface area (Å²) in [6.07, 6.45) is 1.59. The Morgan fingerprint density at radius 1 is 1.11 bits per heavy atom. The standard InChI is InChI=1S/C23H27BrN6O4S/c1-3-34-20-14-16(30-10-12-33-13-11-30)8-9-18(20)28-23-26-15-17(24)22(29-23)27-19-6-4-5-7-21(19)35(31,32)25-2/h4-9,14-15,25H,3,10-13H2,1-2H3,(H2,26,27,28,29). The van der Waals surface area contributed by atoms with Crippen LogP contribution in [-0.4, -0.2) is 58.3 Å². The van der Waals surface area contributed by atoms with Crippen LogP contribution in [-0.2, 0) is 14.8 Å². The highest BCUT2D eigenvalue weighted by Crippen LogP contribution is 2.33. The quantitative estimate of drug-likeness (QED) is 0.357. The fourth-order valence-electron chi connectivity index (χ4n) is 3.58.